The number of amides is 1. The van der Waals surface area contributed by atoms with E-state index in [1.165, 1.54) is 0 Å². The second kappa shape index (κ2) is 7.22. The molecule has 28 heavy (non-hydrogen) atoms. The van der Waals surface area contributed by atoms with Gasteiger partial charge in [0.1, 0.15) is 5.52 Å². The number of benzene rings is 3. The number of nitriles is 1. The minimum atomic E-state index is -0.179. The van der Waals surface area contributed by atoms with Gasteiger partial charge in [-0.2, -0.15) is 5.26 Å². The fraction of sp³-hybridized carbons (Fsp3) is 0.182. The Bertz CT molecular complexity index is 1260. The molecule has 0 saturated carbocycles. The van der Waals surface area contributed by atoms with Crippen molar-refractivity contribution in [3.05, 3.63) is 59.7 Å². The molecule has 1 heterocycles. The summed E-state index contributed by atoms with van der Waals surface area (Å²) in [6, 6.07) is 17.1. The maximum absolute atomic E-state index is 12.7. The van der Waals surface area contributed by atoms with E-state index in [4.69, 9.17) is 9.97 Å². The van der Waals surface area contributed by atoms with Crippen LogP contribution < -0.4 is 5.32 Å². The number of nitrogens with zero attached hydrogens (tertiary/aromatic N) is 4. The van der Waals surface area contributed by atoms with E-state index in [1.54, 1.807) is 12.1 Å². The van der Waals surface area contributed by atoms with Gasteiger partial charge in [0.25, 0.3) is 5.91 Å². The van der Waals surface area contributed by atoms with Crippen molar-refractivity contribution in [3.63, 3.8) is 0 Å². The molecule has 138 valence electrons. The molecule has 0 aliphatic carbocycles. The highest BCUT2D eigenvalue weighted by Gasteiger charge is 2.15. The van der Waals surface area contributed by atoms with Gasteiger partial charge in [-0.3, -0.25) is 4.79 Å². The molecule has 0 bridgehead atoms. The number of aromatic nitrogens is 2. The summed E-state index contributed by atoms with van der Waals surface area (Å²) in [6.45, 7) is 1.30. The van der Waals surface area contributed by atoms with E-state index in [2.05, 4.69) is 11.4 Å². The van der Waals surface area contributed by atoms with Crippen molar-refractivity contribution in [2.75, 3.05) is 27.2 Å². The number of para-hydroxylation sites is 1. The summed E-state index contributed by atoms with van der Waals surface area (Å²) in [5.41, 5.74) is 3.56. The number of fused-ring (bicyclic) bond motifs is 4. The minimum Gasteiger partial charge on any atom is -0.351 e. The zero-order valence-electron chi connectivity index (χ0n) is 15.7. The van der Waals surface area contributed by atoms with Crippen LogP contribution in [0.3, 0.4) is 0 Å². The molecule has 0 atom stereocenters. The second-order valence-electron chi connectivity index (χ2n) is 6.90. The predicted molar refractivity (Wildman–Crippen MR) is 110 cm³/mol. The van der Waals surface area contributed by atoms with Crippen molar-refractivity contribution in [1.82, 2.24) is 20.2 Å². The zero-order chi connectivity index (χ0) is 19.7. The van der Waals surface area contributed by atoms with Crippen LogP contribution in [0, 0.1) is 11.3 Å². The summed E-state index contributed by atoms with van der Waals surface area (Å²) in [5, 5.41) is 14.1. The lowest BCUT2D eigenvalue weighted by atomic mass is 10.0. The van der Waals surface area contributed by atoms with Gasteiger partial charge in [-0.05, 0) is 43.7 Å². The van der Waals surface area contributed by atoms with E-state index < -0.39 is 0 Å². The summed E-state index contributed by atoms with van der Waals surface area (Å²) >= 11 is 0. The van der Waals surface area contributed by atoms with Crippen molar-refractivity contribution in [1.29, 1.82) is 5.26 Å². The lowest BCUT2D eigenvalue weighted by Gasteiger charge is -2.12. The van der Waals surface area contributed by atoms with E-state index in [0.29, 0.717) is 39.7 Å². The molecule has 6 heteroatoms. The van der Waals surface area contributed by atoms with Gasteiger partial charge < -0.3 is 10.2 Å². The highest BCUT2D eigenvalue weighted by molar-refractivity contribution is 6.11. The Kier molecular flexibility index (Phi) is 4.60. The second-order valence-corrected chi connectivity index (χ2v) is 6.90. The molecule has 3 aromatic carbocycles. The first-order chi connectivity index (χ1) is 13.6. The van der Waals surface area contributed by atoms with Crippen LogP contribution >= 0.6 is 0 Å². The lowest BCUT2D eigenvalue weighted by molar-refractivity contribution is 0.0952. The highest BCUT2D eigenvalue weighted by Crippen LogP contribution is 2.28. The Morgan fingerprint density at radius 2 is 1.82 bits per heavy atom. The Morgan fingerprint density at radius 3 is 2.61 bits per heavy atom. The number of carbonyl (C=O) groups excluding carboxylic acids is 1. The molecule has 0 fully saturated rings. The van der Waals surface area contributed by atoms with E-state index in [-0.39, 0.29) is 5.91 Å². The first kappa shape index (κ1) is 17.8. The first-order valence-corrected chi connectivity index (χ1v) is 9.04. The van der Waals surface area contributed by atoms with Gasteiger partial charge in [-0.15, -0.1) is 0 Å². The number of hydrogen-bond donors (Lipinski definition) is 1. The van der Waals surface area contributed by atoms with Crippen LogP contribution in [-0.4, -0.2) is 48.0 Å². The predicted octanol–water partition coefficient (Wildman–Crippen LogP) is 3.10. The molecule has 0 saturated heterocycles. The van der Waals surface area contributed by atoms with Crippen molar-refractivity contribution >= 4 is 38.7 Å². The zero-order valence-corrected chi connectivity index (χ0v) is 15.7. The molecule has 0 aliphatic heterocycles. The number of hydrogen-bond acceptors (Lipinski definition) is 5. The molecule has 4 aromatic rings. The summed E-state index contributed by atoms with van der Waals surface area (Å²) < 4.78 is 0. The smallest absolute Gasteiger partial charge is 0.253 e. The first-order valence-electron chi connectivity index (χ1n) is 9.04. The number of rotatable bonds is 4. The fourth-order valence-corrected chi connectivity index (χ4v) is 3.30. The summed E-state index contributed by atoms with van der Waals surface area (Å²) in [5.74, 6) is -0.179. The third kappa shape index (κ3) is 3.13. The molecular weight excluding hydrogens is 350 g/mol. The molecule has 1 N–H and O–H groups in total. The normalized spacial score (nSPS) is 11.2. The molecule has 0 radical (unpaired) electrons. The molecule has 0 aliphatic rings. The average molecular weight is 369 g/mol. The maximum atomic E-state index is 12.7. The van der Waals surface area contributed by atoms with Gasteiger partial charge in [-0.25, -0.2) is 9.97 Å². The number of nitrogens with one attached hydrogen (secondary N) is 1. The van der Waals surface area contributed by atoms with Gasteiger partial charge in [0.05, 0.1) is 33.7 Å². The summed E-state index contributed by atoms with van der Waals surface area (Å²) in [6.07, 6.45) is 0. The Morgan fingerprint density at radius 1 is 1.04 bits per heavy atom. The molecule has 1 amide bonds. The van der Waals surface area contributed by atoms with E-state index >= 15 is 0 Å². The van der Waals surface area contributed by atoms with Crippen molar-refractivity contribution < 1.29 is 4.79 Å². The maximum Gasteiger partial charge on any atom is 0.253 e. The van der Waals surface area contributed by atoms with E-state index in [9.17, 15) is 10.1 Å². The molecule has 6 nitrogen and oxygen atoms in total. The molecule has 0 unspecified atom stereocenters. The average Bonchev–Trinajstić information content (AvgIpc) is 2.70. The lowest BCUT2D eigenvalue weighted by Crippen LogP contribution is -2.31. The van der Waals surface area contributed by atoms with E-state index in [1.807, 2.05) is 55.4 Å². The van der Waals surface area contributed by atoms with Crippen molar-refractivity contribution in [3.8, 4) is 6.07 Å². The highest BCUT2D eigenvalue weighted by atomic mass is 16.1. The Labute approximate surface area is 162 Å². The minimum absolute atomic E-state index is 0.179. The van der Waals surface area contributed by atoms with Gasteiger partial charge in [0.2, 0.25) is 0 Å². The van der Waals surface area contributed by atoms with Crippen LogP contribution in [0.25, 0.3) is 32.8 Å². The summed E-state index contributed by atoms with van der Waals surface area (Å²) in [7, 11) is 3.92. The summed E-state index contributed by atoms with van der Waals surface area (Å²) in [4.78, 5) is 24.2. The van der Waals surface area contributed by atoms with Crippen LogP contribution in [0.5, 0.6) is 0 Å². The third-order valence-electron chi connectivity index (χ3n) is 4.69. The van der Waals surface area contributed by atoms with Crippen LogP contribution in [0.15, 0.2) is 48.5 Å². The standard InChI is InChI=1S/C22H19N5O/c1-27(2)12-11-24-22(28)16-7-4-8-17-20(16)26-21-18(25-17)10-9-14-5-3-6-15(13-23)19(14)21/h3-10H,11-12H2,1-2H3,(H,24,28). The number of carbonyl (C=O) groups is 1. The topological polar surface area (TPSA) is 81.9 Å². The van der Waals surface area contributed by atoms with Crippen molar-refractivity contribution in [2.24, 2.45) is 0 Å². The van der Waals surface area contributed by atoms with Crippen LogP contribution in [0.4, 0.5) is 0 Å². The fourth-order valence-electron chi connectivity index (χ4n) is 3.30. The van der Waals surface area contributed by atoms with Gasteiger partial charge >= 0.3 is 0 Å². The van der Waals surface area contributed by atoms with Gasteiger partial charge in [0, 0.05) is 18.5 Å². The molecule has 4 rings (SSSR count). The molecule has 1 aromatic heterocycles. The van der Waals surface area contributed by atoms with Crippen LogP contribution in [0.2, 0.25) is 0 Å². The van der Waals surface area contributed by atoms with Gasteiger partial charge in [0.15, 0.2) is 0 Å². The molecular formula is C22H19N5O. The van der Waals surface area contributed by atoms with Crippen molar-refractivity contribution in [2.45, 2.75) is 0 Å². The number of likely N-dealkylation sites (N-methyl/N-ethyl adjacent to an activating group) is 1. The third-order valence-corrected chi connectivity index (χ3v) is 4.69. The Hall–Kier alpha value is -3.56. The van der Waals surface area contributed by atoms with Gasteiger partial charge in [-0.1, -0.05) is 24.3 Å². The molecule has 0 spiro atoms. The quantitative estimate of drug-likeness (QED) is 0.441. The monoisotopic (exact) mass is 369 g/mol. The SMILES string of the molecule is CN(C)CCNC(=O)c1cccc2nc3ccc4cccc(C#N)c4c3nc12. The van der Waals surface area contributed by atoms with Crippen LogP contribution in [-0.2, 0) is 0 Å². The van der Waals surface area contributed by atoms with E-state index in [0.717, 1.165) is 17.3 Å². The largest absolute Gasteiger partial charge is 0.351 e. The van der Waals surface area contributed by atoms with Crippen LogP contribution in [0.1, 0.15) is 15.9 Å². The Balaban J connectivity index is 1.91.